The van der Waals surface area contributed by atoms with Crippen molar-refractivity contribution in [3.05, 3.63) is 59.7 Å². The molecule has 1 fully saturated rings. The van der Waals surface area contributed by atoms with Crippen LogP contribution in [0.25, 0.3) is 0 Å². The van der Waals surface area contributed by atoms with Crippen molar-refractivity contribution >= 4 is 5.69 Å². The van der Waals surface area contributed by atoms with Crippen molar-refractivity contribution in [3.8, 4) is 6.07 Å². The number of hydrogen-bond acceptors (Lipinski definition) is 4. The van der Waals surface area contributed by atoms with E-state index in [1.807, 2.05) is 17.0 Å². The predicted octanol–water partition coefficient (Wildman–Crippen LogP) is 2.40. The van der Waals surface area contributed by atoms with Gasteiger partial charge >= 0.3 is 0 Å². The van der Waals surface area contributed by atoms with Crippen LogP contribution < -0.4 is 4.90 Å². The Bertz CT molecular complexity index is 663. The number of aromatic nitrogens is 1. The van der Waals surface area contributed by atoms with Crippen molar-refractivity contribution in [2.45, 2.75) is 18.6 Å². The number of nitriles is 1. The summed E-state index contributed by atoms with van der Waals surface area (Å²) >= 11 is 0. The lowest BCUT2D eigenvalue weighted by Gasteiger charge is -2.26. The van der Waals surface area contributed by atoms with Gasteiger partial charge in [0, 0.05) is 6.54 Å². The summed E-state index contributed by atoms with van der Waals surface area (Å²) in [4.78, 5) is 6.10. The molecule has 4 nitrogen and oxygen atoms in total. The van der Waals surface area contributed by atoms with Crippen LogP contribution >= 0.6 is 0 Å². The molecule has 2 atom stereocenters. The highest BCUT2D eigenvalue weighted by atomic mass is 19.1. The number of aliphatic hydroxyl groups excluding tert-OH is 1. The molecule has 21 heavy (non-hydrogen) atoms. The number of aliphatic hydroxyl groups is 1. The number of nitrogens with zero attached hydrogens (tertiary/aromatic N) is 3. The normalized spacial score (nSPS) is 21.3. The number of pyridine rings is 1. The molecule has 0 aliphatic carbocycles. The number of benzene rings is 1. The smallest absolute Gasteiger partial charge is 0.140 e. The van der Waals surface area contributed by atoms with Crippen LogP contribution in [0.4, 0.5) is 10.1 Å². The molecule has 1 aliphatic heterocycles. The van der Waals surface area contributed by atoms with Crippen molar-refractivity contribution in [2.24, 2.45) is 0 Å². The second kappa shape index (κ2) is 5.51. The van der Waals surface area contributed by atoms with Gasteiger partial charge in [-0.3, -0.25) is 0 Å². The van der Waals surface area contributed by atoms with Gasteiger partial charge in [0.15, 0.2) is 0 Å². The average Bonchev–Trinajstić information content (AvgIpc) is 2.90. The molecule has 1 aliphatic rings. The standard InChI is InChI=1S/C16H14FN3O/c17-12-3-1-11(2-4-12)16-7-15(21)10-20(16)14-6-5-13(8-18)19-9-14/h1-6,9,15-16,21H,7,10H2/t15-,16-/m1/s1. The molecular weight excluding hydrogens is 269 g/mol. The van der Waals surface area contributed by atoms with Crippen molar-refractivity contribution in [1.82, 2.24) is 4.98 Å². The van der Waals surface area contributed by atoms with Crippen molar-refractivity contribution < 1.29 is 9.50 Å². The molecule has 0 amide bonds. The zero-order valence-electron chi connectivity index (χ0n) is 11.3. The summed E-state index contributed by atoms with van der Waals surface area (Å²) in [6.45, 7) is 0.496. The molecule has 2 aromatic rings. The van der Waals surface area contributed by atoms with Crippen LogP contribution in [-0.4, -0.2) is 22.7 Å². The molecule has 3 rings (SSSR count). The van der Waals surface area contributed by atoms with Gasteiger partial charge in [-0.15, -0.1) is 0 Å². The SMILES string of the molecule is N#Cc1ccc(N2C[C@H](O)C[C@@H]2c2ccc(F)cc2)cn1. The Morgan fingerprint density at radius 1 is 1.24 bits per heavy atom. The van der Waals surface area contributed by atoms with E-state index in [-0.39, 0.29) is 11.9 Å². The Balaban J connectivity index is 1.91. The van der Waals surface area contributed by atoms with Crippen LogP contribution in [0.5, 0.6) is 0 Å². The maximum absolute atomic E-state index is 13.1. The summed E-state index contributed by atoms with van der Waals surface area (Å²) in [5, 5.41) is 18.7. The minimum Gasteiger partial charge on any atom is -0.391 e. The zero-order chi connectivity index (χ0) is 14.8. The Morgan fingerprint density at radius 3 is 2.62 bits per heavy atom. The van der Waals surface area contributed by atoms with E-state index >= 15 is 0 Å². The zero-order valence-corrected chi connectivity index (χ0v) is 11.3. The highest BCUT2D eigenvalue weighted by Gasteiger charge is 2.32. The van der Waals surface area contributed by atoms with Gasteiger partial charge in [0.2, 0.25) is 0 Å². The molecule has 0 saturated carbocycles. The Labute approximate surface area is 122 Å². The number of hydrogen-bond donors (Lipinski definition) is 1. The molecule has 2 heterocycles. The van der Waals surface area contributed by atoms with E-state index in [1.165, 1.54) is 12.1 Å². The molecule has 1 aromatic heterocycles. The first kappa shape index (κ1) is 13.5. The van der Waals surface area contributed by atoms with E-state index in [9.17, 15) is 9.50 Å². The van der Waals surface area contributed by atoms with Gasteiger partial charge in [-0.2, -0.15) is 5.26 Å². The second-order valence-electron chi connectivity index (χ2n) is 5.12. The van der Waals surface area contributed by atoms with E-state index in [0.29, 0.717) is 18.7 Å². The van der Waals surface area contributed by atoms with Gasteiger partial charge in [-0.25, -0.2) is 9.37 Å². The molecule has 0 unspecified atom stereocenters. The summed E-state index contributed by atoms with van der Waals surface area (Å²) in [5.74, 6) is -0.274. The average molecular weight is 283 g/mol. The molecule has 0 bridgehead atoms. The fourth-order valence-corrected chi connectivity index (χ4v) is 2.72. The summed E-state index contributed by atoms with van der Waals surface area (Å²) in [6, 6.07) is 11.8. The lowest BCUT2D eigenvalue weighted by atomic mass is 10.0. The van der Waals surface area contributed by atoms with Crippen molar-refractivity contribution in [1.29, 1.82) is 5.26 Å². The molecular formula is C16H14FN3O. The number of halogens is 1. The Kier molecular flexibility index (Phi) is 3.55. The Hall–Kier alpha value is -2.45. The molecule has 1 aromatic carbocycles. The molecule has 0 spiro atoms. The first-order valence-electron chi connectivity index (χ1n) is 6.73. The largest absolute Gasteiger partial charge is 0.391 e. The number of rotatable bonds is 2. The lowest BCUT2D eigenvalue weighted by molar-refractivity contribution is 0.194. The van der Waals surface area contributed by atoms with Crippen LogP contribution in [0.1, 0.15) is 23.7 Å². The summed E-state index contributed by atoms with van der Waals surface area (Å²) in [6.07, 6.45) is 1.79. The van der Waals surface area contributed by atoms with Gasteiger partial charge in [0.25, 0.3) is 0 Å². The van der Waals surface area contributed by atoms with E-state index in [2.05, 4.69) is 4.98 Å². The van der Waals surface area contributed by atoms with Gasteiger partial charge in [-0.05, 0) is 36.2 Å². The van der Waals surface area contributed by atoms with Crippen LogP contribution in [0.3, 0.4) is 0 Å². The minimum atomic E-state index is -0.435. The third kappa shape index (κ3) is 2.71. The number of β-amino-alcohol motifs (C(OH)–C–C–N with tert-alkyl or cyclic N) is 1. The van der Waals surface area contributed by atoms with Crippen molar-refractivity contribution in [3.63, 3.8) is 0 Å². The fourth-order valence-electron chi connectivity index (χ4n) is 2.72. The topological polar surface area (TPSA) is 60.2 Å². The van der Waals surface area contributed by atoms with Crippen LogP contribution in [0.15, 0.2) is 42.6 Å². The van der Waals surface area contributed by atoms with E-state index in [0.717, 1.165) is 11.3 Å². The number of anilines is 1. The molecule has 1 N–H and O–H groups in total. The Morgan fingerprint density at radius 2 is 2.00 bits per heavy atom. The van der Waals surface area contributed by atoms with Gasteiger partial charge in [0.05, 0.1) is 24.0 Å². The van der Waals surface area contributed by atoms with Crippen LogP contribution in [0, 0.1) is 17.1 Å². The monoisotopic (exact) mass is 283 g/mol. The molecule has 0 radical (unpaired) electrons. The highest BCUT2D eigenvalue weighted by Crippen LogP contribution is 2.36. The third-order valence-electron chi connectivity index (χ3n) is 3.73. The van der Waals surface area contributed by atoms with Gasteiger partial charge < -0.3 is 10.0 Å². The highest BCUT2D eigenvalue weighted by molar-refractivity contribution is 5.50. The summed E-state index contributed by atoms with van der Waals surface area (Å²) in [7, 11) is 0. The molecule has 5 heteroatoms. The lowest BCUT2D eigenvalue weighted by Crippen LogP contribution is -2.24. The quantitative estimate of drug-likeness (QED) is 0.919. The maximum Gasteiger partial charge on any atom is 0.140 e. The fraction of sp³-hybridized carbons (Fsp3) is 0.250. The summed E-state index contributed by atoms with van der Waals surface area (Å²) in [5.41, 5.74) is 2.16. The summed E-state index contributed by atoms with van der Waals surface area (Å²) < 4.78 is 13.1. The first-order valence-corrected chi connectivity index (χ1v) is 6.73. The van der Waals surface area contributed by atoms with Crippen LogP contribution in [-0.2, 0) is 0 Å². The van der Waals surface area contributed by atoms with Gasteiger partial charge in [0.1, 0.15) is 17.6 Å². The van der Waals surface area contributed by atoms with Gasteiger partial charge in [-0.1, -0.05) is 12.1 Å². The minimum absolute atomic E-state index is 0.0182. The van der Waals surface area contributed by atoms with Crippen LogP contribution in [0.2, 0.25) is 0 Å². The van der Waals surface area contributed by atoms with Crippen molar-refractivity contribution in [2.75, 3.05) is 11.4 Å². The van der Waals surface area contributed by atoms with E-state index in [1.54, 1.807) is 24.4 Å². The van der Waals surface area contributed by atoms with E-state index < -0.39 is 6.10 Å². The second-order valence-corrected chi connectivity index (χ2v) is 5.12. The molecule has 106 valence electrons. The molecule has 1 saturated heterocycles. The van der Waals surface area contributed by atoms with E-state index in [4.69, 9.17) is 5.26 Å². The first-order chi connectivity index (χ1) is 10.2. The maximum atomic E-state index is 13.1. The predicted molar refractivity (Wildman–Crippen MR) is 76.1 cm³/mol. The third-order valence-corrected chi connectivity index (χ3v) is 3.73.